The maximum Gasteiger partial charge on any atom is 0.0170 e. The van der Waals surface area contributed by atoms with Crippen LogP contribution in [0.5, 0.6) is 0 Å². The maximum absolute atomic E-state index is 3.71. The molecule has 0 aliphatic carbocycles. The lowest BCUT2D eigenvalue weighted by atomic mass is 9.82. The highest BCUT2D eigenvalue weighted by atomic mass is 32.2. The highest BCUT2D eigenvalue weighted by molar-refractivity contribution is 7.99. The predicted molar refractivity (Wildman–Crippen MR) is 79.9 cm³/mol. The van der Waals surface area contributed by atoms with Crippen molar-refractivity contribution in [3.63, 3.8) is 0 Å². The Kier molecular flexibility index (Phi) is 5.81. The molecule has 1 heterocycles. The molecule has 0 amide bonds. The summed E-state index contributed by atoms with van der Waals surface area (Å²) in [6.45, 7) is 13.9. The van der Waals surface area contributed by atoms with Gasteiger partial charge in [-0.15, -0.1) is 0 Å². The summed E-state index contributed by atoms with van der Waals surface area (Å²) in [6.07, 6.45) is 2.47. The van der Waals surface area contributed by atoms with E-state index in [1.54, 1.807) is 0 Å². The third-order valence-corrected chi connectivity index (χ3v) is 4.20. The van der Waals surface area contributed by atoms with Gasteiger partial charge >= 0.3 is 0 Å². The van der Waals surface area contributed by atoms with Gasteiger partial charge in [-0.2, -0.15) is 11.8 Å². The van der Waals surface area contributed by atoms with E-state index >= 15 is 0 Å². The monoisotopic (exact) mass is 258 g/mol. The SMILES string of the molecule is CC(C)(C)CC(C)(C)NCCC1CSCCN1. The molecule has 0 aromatic heterocycles. The van der Waals surface area contributed by atoms with Crippen LogP contribution in [0.15, 0.2) is 0 Å². The minimum Gasteiger partial charge on any atom is -0.312 e. The Bertz CT molecular complexity index is 215. The lowest BCUT2D eigenvalue weighted by Crippen LogP contribution is -2.45. The third-order valence-electron chi connectivity index (χ3n) is 3.07. The Hall–Kier alpha value is 0.270. The third kappa shape index (κ3) is 7.32. The van der Waals surface area contributed by atoms with Gasteiger partial charge in [0.05, 0.1) is 0 Å². The van der Waals surface area contributed by atoms with Crippen LogP contribution >= 0.6 is 11.8 Å². The molecule has 0 aromatic rings. The number of hydrogen-bond donors (Lipinski definition) is 2. The summed E-state index contributed by atoms with van der Waals surface area (Å²) in [5, 5.41) is 7.31. The molecule has 3 heteroatoms. The van der Waals surface area contributed by atoms with Gasteiger partial charge in [-0.1, -0.05) is 20.8 Å². The molecule has 102 valence electrons. The van der Waals surface area contributed by atoms with Crippen molar-refractivity contribution < 1.29 is 0 Å². The van der Waals surface area contributed by atoms with Crippen LogP contribution in [0.2, 0.25) is 0 Å². The topological polar surface area (TPSA) is 24.1 Å². The zero-order valence-corrected chi connectivity index (χ0v) is 13.0. The van der Waals surface area contributed by atoms with Crippen LogP contribution in [0.25, 0.3) is 0 Å². The molecule has 1 fully saturated rings. The fourth-order valence-electron chi connectivity index (χ4n) is 2.78. The van der Waals surface area contributed by atoms with Crippen LogP contribution in [-0.4, -0.2) is 36.2 Å². The second-order valence-corrected chi connectivity index (χ2v) is 8.21. The van der Waals surface area contributed by atoms with Gasteiger partial charge in [0.1, 0.15) is 0 Å². The molecule has 1 atom stereocenters. The van der Waals surface area contributed by atoms with E-state index in [4.69, 9.17) is 0 Å². The number of rotatable bonds is 5. The molecule has 1 unspecified atom stereocenters. The lowest BCUT2D eigenvalue weighted by Gasteiger charge is -2.34. The van der Waals surface area contributed by atoms with E-state index in [0.29, 0.717) is 11.5 Å². The molecule has 17 heavy (non-hydrogen) atoms. The van der Waals surface area contributed by atoms with Crippen molar-refractivity contribution in [3.05, 3.63) is 0 Å². The van der Waals surface area contributed by atoms with Crippen LogP contribution < -0.4 is 10.6 Å². The second-order valence-electron chi connectivity index (χ2n) is 7.06. The Morgan fingerprint density at radius 1 is 1.24 bits per heavy atom. The molecule has 1 aliphatic rings. The zero-order valence-electron chi connectivity index (χ0n) is 12.2. The first-order valence-electron chi connectivity index (χ1n) is 6.85. The maximum atomic E-state index is 3.71. The molecule has 2 N–H and O–H groups in total. The minimum absolute atomic E-state index is 0.250. The van der Waals surface area contributed by atoms with Crippen molar-refractivity contribution in [1.82, 2.24) is 10.6 Å². The summed E-state index contributed by atoms with van der Waals surface area (Å²) < 4.78 is 0. The van der Waals surface area contributed by atoms with E-state index in [0.717, 1.165) is 6.54 Å². The molecule has 0 aromatic carbocycles. The number of thioether (sulfide) groups is 1. The van der Waals surface area contributed by atoms with Crippen LogP contribution in [0.1, 0.15) is 47.5 Å². The Balaban J connectivity index is 2.20. The minimum atomic E-state index is 0.250. The van der Waals surface area contributed by atoms with Crippen molar-refractivity contribution in [2.24, 2.45) is 5.41 Å². The molecule has 0 spiro atoms. The van der Waals surface area contributed by atoms with Gasteiger partial charge in [-0.25, -0.2) is 0 Å². The smallest absolute Gasteiger partial charge is 0.0170 e. The Labute approximate surface area is 112 Å². The summed E-state index contributed by atoms with van der Waals surface area (Å²) >= 11 is 2.08. The van der Waals surface area contributed by atoms with Crippen molar-refractivity contribution in [2.75, 3.05) is 24.6 Å². The van der Waals surface area contributed by atoms with E-state index in [1.807, 2.05) is 0 Å². The van der Waals surface area contributed by atoms with Crippen molar-refractivity contribution >= 4 is 11.8 Å². The van der Waals surface area contributed by atoms with E-state index < -0.39 is 0 Å². The summed E-state index contributed by atoms with van der Waals surface area (Å²) in [6, 6.07) is 0.715. The van der Waals surface area contributed by atoms with E-state index in [-0.39, 0.29) is 5.54 Å². The van der Waals surface area contributed by atoms with Crippen LogP contribution in [0.3, 0.4) is 0 Å². The van der Waals surface area contributed by atoms with Gasteiger partial charge in [0, 0.05) is 29.6 Å². The first-order chi connectivity index (χ1) is 7.79. The number of nitrogens with one attached hydrogen (secondary N) is 2. The van der Waals surface area contributed by atoms with Gasteiger partial charge in [0.2, 0.25) is 0 Å². The Morgan fingerprint density at radius 3 is 2.47 bits per heavy atom. The highest BCUT2D eigenvalue weighted by Crippen LogP contribution is 2.26. The molecular weight excluding hydrogens is 228 g/mol. The van der Waals surface area contributed by atoms with Gasteiger partial charge in [-0.05, 0) is 38.6 Å². The summed E-state index contributed by atoms with van der Waals surface area (Å²) in [5.74, 6) is 2.56. The molecule has 1 aliphatic heterocycles. The van der Waals surface area contributed by atoms with Crippen molar-refractivity contribution in [1.29, 1.82) is 0 Å². The molecule has 1 rings (SSSR count). The largest absolute Gasteiger partial charge is 0.312 e. The first-order valence-corrected chi connectivity index (χ1v) is 8.00. The van der Waals surface area contributed by atoms with Crippen molar-refractivity contribution in [3.8, 4) is 0 Å². The van der Waals surface area contributed by atoms with Crippen LogP contribution in [0.4, 0.5) is 0 Å². The lowest BCUT2D eigenvalue weighted by molar-refractivity contribution is 0.240. The molecule has 0 radical (unpaired) electrons. The predicted octanol–water partition coefficient (Wildman–Crippen LogP) is 2.89. The fourth-order valence-corrected chi connectivity index (χ4v) is 3.78. The molecule has 1 saturated heterocycles. The van der Waals surface area contributed by atoms with Crippen LogP contribution in [0, 0.1) is 5.41 Å². The molecule has 0 saturated carbocycles. The standard InChI is InChI=1S/C14H30N2S/c1-13(2,3)11-14(4,5)16-7-6-12-10-17-9-8-15-12/h12,15-16H,6-11H2,1-5H3. The number of hydrogen-bond acceptors (Lipinski definition) is 3. The quantitative estimate of drug-likeness (QED) is 0.793. The van der Waals surface area contributed by atoms with Gasteiger partial charge in [-0.3, -0.25) is 0 Å². The van der Waals surface area contributed by atoms with Crippen molar-refractivity contribution in [2.45, 2.75) is 59.0 Å². The average molecular weight is 258 g/mol. The van der Waals surface area contributed by atoms with E-state index in [2.05, 4.69) is 57.0 Å². The molecule has 2 nitrogen and oxygen atoms in total. The van der Waals surface area contributed by atoms with Gasteiger partial charge in [0.15, 0.2) is 0 Å². The summed E-state index contributed by atoms with van der Waals surface area (Å²) in [7, 11) is 0. The van der Waals surface area contributed by atoms with Gasteiger partial charge in [0.25, 0.3) is 0 Å². The zero-order chi connectivity index (χ0) is 12.9. The van der Waals surface area contributed by atoms with Gasteiger partial charge < -0.3 is 10.6 Å². The summed E-state index contributed by atoms with van der Waals surface area (Å²) in [5.41, 5.74) is 0.648. The highest BCUT2D eigenvalue weighted by Gasteiger charge is 2.25. The fraction of sp³-hybridized carbons (Fsp3) is 1.00. The molecule has 0 bridgehead atoms. The van der Waals surface area contributed by atoms with Crippen LogP contribution in [-0.2, 0) is 0 Å². The Morgan fingerprint density at radius 2 is 1.94 bits per heavy atom. The second kappa shape index (κ2) is 6.44. The normalized spacial score (nSPS) is 22.8. The van der Waals surface area contributed by atoms with E-state index in [9.17, 15) is 0 Å². The summed E-state index contributed by atoms with van der Waals surface area (Å²) in [4.78, 5) is 0. The average Bonchev–Trinajstić information content (AvgIpc) is 2.15. The van der Waals surface area contributed by atoms with E-state index in [1.165, 1.54) is 30.9 Å². The first kappa shape index (κ1) is 15.3. The molecular formula is C14H30N2S.